The molecule has 0 aromatic heterocycles. The summed E-state index contributed by atoms with van der Waals surface area (Å²) >= 11 is 0. The van der Waals surface area contributed by atoms with Crippen LogP contribution in [0.5, 0.6) is 0 Å². The molecule has 1 fully saturated rings. The van der Waals surface area contributed by atoms with Gasteiger partial charge in [-0.3, -0.25) is 4.79 Å². The summed E-state index contributed by atoms with van der Waals surface area (Å²) in [6.45, 7) is -0.976. The molecule has 3 amide bonds. The second-order valence-corrected chi connectivity index (χ2v) is 6.50. The van der Waals surface area contributed by atoms with E-state index >= 15 is 0 Å². The number of nitrogens with one attached hydrogen (secondary N) is 1. The molecule has 2 aromatic carbocycles. The minimum Gasteiger partial charge on any atom is -0.790 e. The summed E-state index contributed by atoms with van der Waals surface area (Å²) in [5.74, 6) is -0.733. The SMILES string of the molecule is O.O.O=C1NC(c2ccccc2)(c2ccccc2)C(=O)N1COP(=O)([O-])[O-].[Na+].[Na+]. The van der Waals surface area contributed by atoms with Crippen LogP contribution < -0.4 is 74.2 Å². The zero-order chi connectivity index (χ0) is 18.1. The van der Waals surface area contributed by atoms with Crippen LogP contribution in [0.25, 0.3) is 0 Å². The summed E-state index contributed by atoms with van der Waals surface area (Å²) in [5.41, 5.74) is -0.539. The Morgan fingerprint density at radius 1 is 0.897 bits per heavy atom. The zero-order valence-electron chi connectivity index (χ0n) is 15.8. The van der Waals surface area contributed by atoms with Crippen molar-refractivity contribution in [3.05, 3.63) is 71.8 Å². The molecule has 1 saturated heterocycles. The molecule has 13 heteroatoms. The number of imide groups is 1. The van der Waals surface area contributed by atoms with E-state index in [1.165, 1.54) is 0 Å². The van der Waals surface area contributed by atoms with Crippen LogP contribution in [-0.2, 0) is 19.4 Å². The maximum absolute atomic E-state index is 13.0. The van der Waals surface area contributed by atoms with Gasteiger partial charge < -0.3 is 35.1 Å². The molecule has 1 heterocycles. The van der Waals surface area contributed by atoms with Gasteiger partial charge in [-0.25, -0.2) is 9.69 Å². The second-order valence-electron chi connectivity index (χ2n) is 5.35. The Bertz CT molecular complexity index is 811. The van der Waals surface area contributed by atoms with E-state index in [-0.39, 0.29) is 70.1 Å². The Morgan fingerprint density at radius 2 is 1.31 bits per heavy atom. The van der Waals surface area contributed by atoms with Crippen molar-refractivity contribution in [2.24, 2.45) is 0 Å². The Hall–Kier alpha value is -0.590. The molecule has 0 spiro atoms. The zero-order valence-corrected chi connectivity index (χ0v) is 20.7. The molecule has 10 nitrogen and oxygen atoms in total. The van der Waals surface area contributed by atoms with Crippen molar-refractivity contribution in [2.75, 3.05) is 6.73 Å². The number of carbonyl (C=O) groups excluding carboxylic acids is 2. The molecular weight excluding hydrogens is 425 g/mol. The first-order valence-corrected chi connectivity index (χ1v) is 8.72. The van der Waals surface area contributed by atoms with E-state index in [0.717, 1.165) is 0 Å². The van der Waals surface area contributed by atoms with E-state index in [4.69, 9.17) is 0 Å². The summed E-state index contributed by atoms with van der Waals surface area (Å²) in [6, 6.07) is 16.2. The van der Waals surface area contributed by atoms with E-state index in [9.17, 15) is 23.9 Å². The normalized spacial score (nSPS) is 14.5. The van der Waals surface area contributed by atoms with Crippen molar-refractivity contribution in [2.45, 2.75) is 5.54 Å². The van der Waals surface area contributed by atoms with Crippen molar-refractivity contribution in [3.8, 4) is 0 Å². The Kier molecular flexibility index (Phi) is 13.0. The van der Waals surface area contributed by atoms with Gasteiger partial charge >= 0.3 is 65.1 Å². The molecule has 0 bridgehead atoms. The Labute approximate surface area is 211 Å². The molecule has 0 radical (unpaired) electrons. The quantitative estimate of drug-likeness (QED) is 0.272. The van der Waals surface area contributed by atoms with E-state index in [1.54, 1.807) is 60.7 Å². The van der Waals surface area contributed by atoms with E-state index in [0.29, 0.717) is 16.0 Å². The number of hydrogen-bond acceptors (Lipinski definition) is 6. The number of hydrogen-bond donors (Lipinski definition) is 1. The summed E-state index contributed by atoms with van der Waals surface area (Å²) < 4.78 is 14.8. The third kappa shape index (κ3) is 6.44. The first-order chi connectivity index (χ1) is 11.8. The van der Waals surface area contributed by atoms with Crippen molar-refractivity contribution in [1.29, 1.82) is 0 Å². The first kappa shape index (κ1) is 30.6. The summed E-state index contributed by atoms with van der Waals surface area (Å²) in [6.07, 6.45) is 0. The van der Waals surface area contributed by atoms with Crippen molar-refractivity contribution in [1.82, 2.24) is 10.2 Å². The fourth-order valence-corrected chi connectivity index (χ4v) is 3.01. The number of phosphoric acid groups is 1. The molecule has 0 atom stereocenters. The average molecular weight is 442 g/mol. The Morgan fingerprint density at radius 3 is 1.69 bits per heavy atom. The fourth-order valence-electron chi connectivity index (χ4n) is 2.76. The van der Waals surface area contributed by atoms with Crippen LogP contribution >= 0.6 is 7.82 Å². The number of amides is 3. The van der Waals surface area contributed by atoms with Gasteiger partial charge in [0.25, 0.3) is 5.91 Å². The van der Waals surface area contributed by atoms with Crippen molar-refractivity contribution >= 4 is 19.8 Å². The average Bonchev–Trinajstić information content (AvgIpc) is 2.85. The third-order valence-electron chi connectivity index (χ3n) is 3.86. The molecule has 2 aromatic rings. The maximum Gasteiger partial charge on any atom is 1.00 e. The minimum atomic E-state index is -5.33. The molecule has 0 unspecified atom stereocenters. The van der Waals surface area contributed by atoms with Crippen LogP contribution in [0.4, 0.5) is 4.79 Å². The van der Waals surface area contributed by atoms with Gasteiger partial charge in [0.2, 0.25) is 0 Å². The number of nitrogens with zero attached hydrogens (tertiary/aromatic N) is 1. The van der Waals surface area contributed by atoms with Gasteiger partial charge in [0.1, 0.15) is 6.73 Å². The van der Waals surface area contributed by atoms with Gasteiger partial charge in [0, 0.05) is 0 Å². The summed E-state index contributed by atoms with van der Waals surface area (Å²) in [4.78, 5) is 47.2. The molecule has 146 valence electrons. The number of benzene rings is 2. The van der Waals surface area contributed by atoms with E-state index in [2.05, 4.69) is 9.84 Å². The van der Waals surface area contributed by atoms with Crippen LogP contribution in [0.3, 0.4) is 0 Å². The third-order valence-corrected chi connectivity index (χ3v) is 4.30. The van der Waals surface area contributed by atoms with Gasteiger partial charge in [0.05, 0.1) is 7.82 Å². The number of phosphoric ester groups is 1. The molecular formula is C16H17N2Na2O8P. The maximum atomic E-state index is 13.0. The number of urea groups is 1. The van der Waals surface area contributed by atoms with Crippen LogP contribution in [0.1, 0.15) is 11.1 Å². The van der Waals surface area contributed by atoms with Gasteiger partial charge in [-0.1, -0.05) is 60.7 Å². The van der Waals surface area contributed by atoms with Crippen LogP contribution in [-0.4, -0.2) is 34.5 Å². The largest absolute Gasteiger partial charge is 1.00 e. The first-order valence-electron chi connectivity index (χ1n) is 7.26. The van der Waals surface area contributed by atoms with Crippen LogP contribution in [0.2, 0.25) is 0 Å². The van der Waals surface area contributed by atoms with Gasteiger partial charge in [-0.2, -0.15) is 0 Å². The molecule has 0 aliphatic carbocycles. The predicted molar refractivity (Wildman–Crippen MR) is 89.8 cm³/mol. The molecule has 1 aliphatic rings. The van der Waals surface area contributed by atoms with Gasteiger partial charge in [-0.05, 0) is 11.1 Å². The van der Waals surface area contributed by atoms with E-state index in [1.807, 2.05) is 0 Å². The number of rotatable bonds is 5. The smallest absolute Gasteiger partial charge is 0.790 e. The molecule has 5 N–H and O–H groups in total. The second kappa shape index (κ2) is 12.3. The minimum absolute atomic E-state index is 0. The van der Waals surface area contributed by atoms with Gasteiger partial charge in [-0.15, -0.1) is 0 Å². The standard InChI is InChI=1S/C16H15N2O6P.2Na.2H2O/c19-14-16(12-7-3-1-4-8-12,13-9-5-2-6-10-13)17-15(20)18(14)11-24-25(21,22)23;;;;/h1-10H,11H2,(H,17,20)(H2,21,22,23);;;2*1H2/q;2*+1;;/p-2. The summed E-state index contributed by atoms with van der Waals surface area (Å²) in [5, 5.41) is 2.60. The van der Waals surface area contributed by atoms with Gasteiger partial charge in [0.15, 0.2) is 5.54 Å². The molecule has 29 heavy (non-hydrogen) atoms. The van der Waals surface area contributed by atoms with E-state index < -0.39 is 32.0 Å². The molecule has 0 saturated carbocycles. The van der Waals surface area contributed by atoms with Crippen LogP contribution in [0, 0.1) is 0 Å². The fraction of sp³-hybridized carbons (Fsp3) is 0.125. The number of carbonyl (C=O) groups is 2. The monoisotopic (exact) mass is 442 g/mol. The molecule has 1 aliphatic heterocycles. The molecule has 3 rings (SSSR count). The topological polar surface area (TPSA) is 185 Å². The van der Waals surface area contributed by atoms with Crippen molar-refractivity contribution in [3.63, 3.8) is 0 Å². The summed E-state index contributed by atoms with van der Waals surface area (Å²) in [7, 11) is -5.33. The van der Waals surface area contributed by atoms with Crippen LogP contribution in [0.15, 0.2) is 60.7 Å². The predicted octanol–water partition coefficient (Wildman–Crippen LogP) is -7.36. The van der Waals surface area contributed by atoms with Crippen molar-refractivity contribution < 1.29 is 98.5 Å². The Balaban J connectivity index is 0.